The lowest BCUT2D eigenvalue weighted by Gasteiger charge is -2.29. The monoisotopic (exact) mass is 342 g/mol. The minimum Gasteiger partial charge on any atom is -0.315 e. The number of amides is 1. The number of rotatable bonds is 6. The summed E-state index contributed by atoms with van der Waals surface area (Å²) in [5, 5.41) is 1.56. The third-order valence-electron chi connectivity index (χ3n) is 3.04. The van der Waals surface area contributed by atoms with Crippen molar-refractivity contribution >= 4 is 17.8 Å². The van der Waals surface area contributed by atoms with Crippen molar-refractivity contribution in [3.05, 3.63) is 71.8 Å². The van der Waals surface area contributed by atoms with Crippen LogP contribution in [0, 0.1) is 0 Å². The number of hydrogen-bond donors (Lipinski definition) is 0. The molecule has 0 heterocycles. The lowest BCUT2D eigenvalue weighted by molar-refractivity contribution is -0.402. The summed E-state index contributed by atoms with van der Waals surface area (Å²) < 4.78 is 0. The Balaban J connectivity index is 2.36. The van der Waals surface area contributed by atoms with Gasteiger partial charge in [-0.2, -0.15) is 5.01 Å². The average molecular weight is 342 g/mol. The van der Waals surface area contributed by atoms with Crippen LogP contribution in [0.2, 0.25) is 0 Å². The van der Waals surface area contributed by atoms with Crippen molar-refractivity contribution in [2.24, 2.45) is 0 Å². The maximum atomic E-state index is 12.9. The average Bonchev–Trinajstić information content (AvgIpc) is 2.59. The molecule has 0 aromatic heterocycles. The SMILES string of the molecule is CC(=O)ON(OC(C)=O)N(Cc1ccccc1)C(=O)c1ccccc1. The third kappa shape index (κ3) is 5.43. The predicted molar refractivity (Wildman–Crippen MR) is 88.1 cm³/mol. The highest BCUT2D eigenvalue weighted by Gasteiger charge is 2.28. The number of carbonyl (C=O) groups excluding carboxylic acids is 3. The minimum absolute atomic E-state index is 0.0368. The highest BCUT2D eigenvalue weighted by Crippen LogP contribution is 2.14. The second-order valence-corrected chi connectivity index (χ2v) is 5.12. The summed E-state index contributed by atoms with van der Waals surface area (Å²) >= 11 is 0. The van der Waals surface area contributed by atoms with Gasteiger partial charge in [-0.1, -0.05) is 48.5 Å². The molecule has 0 radical (unpaired) electrons. The first kappa shape index (κ1) is 18.2. The standard InChI is InChI=1S/C18H18N2O5/c1-14(21)24-20(25-15(2)22)19(13-16-9-5-3-6-10-16)18(23)17-11-7-4-8-12-17/h3-12H,13H2,1-2H3. The Kier molecular flexibility index (Phi) is 6.25. The molecule has 0 aliphatic heterocycles. The molecule has 7 nitrogen and oxygen atoms in total. The van der Waals surface area contributed by atoms with Gasteiger partial charge < -0.3 is 9.68 Å². The van der Waals surface area contributed by atoms with Gasteiger partial charge in [0.2, 0.25) is 0 Å². The summed E-state index contributed by atoms with van der Waals surface area (Å²) in [6.45, 7) is 2.32. The van der Waals surface area contributed by atoms with Crippen molar-refractivity contribution in [3.8, 4) is 0 Å². The van der Waals surface area contributed by atoms with E-state index in [0.717, 1.165) is 24.4 Å². The first-order valence-corrected chi connectivity index (χ1v) is 7.55. The van der Waals surface area contributed by atoms with Crippen molar-refractivity contribution in [1.82, 2.24) is 10.3 Å². The maximum Gasteiger partial charge on any atom is 0.328 e. The van der Waals surface area contributed by atoms with Crippen LogP contribution in [0.1, 0.15) is 29.8 Å². The number of hydrogen-bond acceptors (Lipinski definition) is 6. The molecule has 0 atom stereocenters. The molecule has 0 unspecified atom stereocenters. The number of hydrazine groups is 1. The minimum atomic E-state index is -0.736. The van der Waals surface area contributed by atoms with E-state index in [9.17, 15) is 14.4 Å². The van der Waals surface area contributed by atoms with Crippen LogP contribution >= 0.6 is 0 Å². The number of benzene rings is 2. The Morgan fingerprint density at radius 1 is 0.800 bits per heavy atom. The van der Waals surface area contributed by atoms with Crippen LogP contribution in [0.5, 0.6) is 0 Å². The molecule has 2 aromatic rings. The fourth-order valence-electron chi connectivity index (χ4n) is 2.03. The van der Waals surface area contributed by atoms with Gasteiger partial charge in [-0.05, 0) is 17.7 Å². The molecule has 0 spiro atoms. The zero-order valence-corrected chi connectivity index (χ0v) is 13.9. The van der Waals surface area contributed by atoms with E-state index >= 15 is 0 Å². The van der Waals surface area contributed by atoms with E-state index in [2.05, 4.69) is 0 Å². The zero-order valence-electron chi connectivity index (χ0n) is 13.9. The molecule has 2 rings (SSSR count). The molecular weight excluding hydrogens is 324 g/mol. The fourth-order valence-corrected chi connectivity index (χ4v) is 2.03. The summed E-state index contributed by atoms with van der Waals surface area (Å²) in [4.78, 5) is 45.4. The lowest BCUT2D eigenvalue weighted by Crippen LogP contribution is -2.47. The normalized spacial score (nSPS) is 10.2. The van der Waals surface area contributed by atoms with E-state index in [1.807, 2.05) is 18.2 Å². The quantitative estimate of drug-likeness (QED) is 0.751. The first-order valence-electron chi connectivity index (χ1n) is 7.55. The van der Waals surface area contributed by atoms with Crippen LogP contribution in [0.25, 0.3) is 0 Å². The summed E-state index contributed by atoms with van der Waals surface area (Å²) in [6, 6.07) is 17.4. The molecule has 0 aliphatic carbocycles. The van der Waals surface area contributed by atoms with Crippen LogP contribution in [0.4, 0.5) is 0 Å². The van der Waals surface area contributed by atoms with Crippen molar-refractivity contribution < 1.29 is 24.1 Å². The fraction of sp³-hybridized carbons (Fsp3) is 0.167. The molecule has 0 fully saturated rings. The lowest BCUT2D eigenvalue weighted by atomic mass is 10.2. The molecule has 130 valence electrons. The largest absolute Gasteiger partial charge is 0.328 e. The summed E-state index contributed by atoms with van der Waals surface area (Å²) in [5.74, 6) is -1.97. The third-order valence-corrected chi connectivity index (χ3v) is 3.04. The van der Waals surface area contributed by atoms with Gasteiger partial charge >= 0.3 is 11.9 Å². The molecule has 25 heavy (non-hydrogen) atoms. The van der Waals surface area contributed by atoms with E-state index in [0.29, 0.717) is 10.9 Å². The topological polar surface area (TPSA) is 76.2 Å². The van der Waals surface area contributed by atoms with Crippen LogP contribution in [0.3, 0.4) is 0 Å². The van der Waals surface area contributed by atoms with Crippen molar-refractivity contribution in [1.29, 1.82) is 0 Å². The first-order chi connectivity index (χ1) is 12.0. The van der Waals surface area contributed by atoms with Gasteiger partial charge in [0.05, 0.1) is 6.54 Å². The number of nitrogens with zero attached hydrogens (tertiary/aromatic N) is 2. The summed E-state index contributed by atoms with van der Waals surface area (Å²) in [7, 11) is 0. The molecule has 0 aliphatic rings. The second kappa shape index (κ2) is 8.60. The van der Waals surface area contributed by atoms with Gasteiger partial charge in [0.1, 0.15) is 5.34 Å². The highest BCUT2D eigenvalue weighted by atomic mass is 17.0. The van der Waals surface area contributed by atoms with Crippen molar-refractivity contribution in [3.63, 3.8) is 0 Å². The number of carbonyl (C=O) groups is 3. The molecular formula is C18H18N2O5. The highest BCUT2D eigenvalue weighted by molar-refractivity contribution is 5.93. The molecule has 7 heteroatoms. The predicted octanol–water partition coefficient (Wildman–Crippen LogP) is 2.50. The smallest absolute Gasteiger partial charge is 0.315 e. The van der Waals surface area contributed by atoms with Gasteiger partial charge in [0.25, 0.3) is 5.91 Å². The Morgan fingerprint density at radius 3 is 1.76 bits per heavy atom. The van der Waals surface area contributed by atoms with E-state index in [1.54, 1.807) is 42.5 Å². The molecule has 2 aromatic carbocycles. The van der Waals surface area contributed by atoms with Gasteiger partial charge in [-0.25, -0.2) is 0 Å². The Morgan fingerprint density at radius 2 is 1.28 bits per heavy atom. The van der Waals surface area contributed by atoms with E-state index in [-0.39, 0.29) is 6.54 Å². The second-order valence-electron chi connectivity index (χ2n) is 5.12. The summed E-state index contributed by atoms with van der Waals surface area (Å²) in [6.07, 6.45) is 0. The van der Waals surface area contributed by atoms with Crippen molar-refractivity contribution in [2.45, 2.75) is 20.4 Å². The maximum absolute atomic E-state index is 12.9. The van der Waals surface area contributed by atoms with Gasteiger partial charge in [-0.15, -0.1) is 0 Å². The Hall–Kier alpha value is -3.19. The van der Waals surface area contributed by atoms with Crippen LogP contribution in [0.15, 0.2) is 60.7 Å². The molecule has 0 saturated carbocycles. The molecule has 0 bridgehead atoms. The van der Waals surface area contributed by atoms with Crippen LogP contribution in [-0.2, 0) is 25.8 Å². The summed E-state index contributed by atoms with van der Waals surface area (Å²) in [5.41, 5.74) is 1.11. The molecule has 0 N–H and O–H groups in total. The van der Waals surface area contributed by atoms with Crippen LogP contribution < -0.4 is 0 Å². The Bertz CT molecular complexity index is 718. The molecule has 0 saturated heterocycles. The zero-order chi connectivity index (χ0) is 18.2. The van der Waals surface area contributed by atoms with Gasteiger partial charge in [0.15, 0.2) is 0 Å². The van der Waals surface area contributed by atoms with Gasteiger partial charge in [0, 0.05) is 19.4 Å². The molecule has 1 amide bonds. The van der Waals surface area contributed by atoms with Crippen molar-refractivity contribution in [2.75, 3.05) is 0 Å². The van der Waals surface area contributed by atoms with Crippen LogP contribution in [-0.4, -0.2) is 28.2 Å². The van der Waals surface area contributed by atoms with E-state index in [1.165, 1.54) is 0 Å². The van der Waals surface area contributed by atoms with E-state index < -0.39 is 17.8 Å². The van der Waals surface area contributed by atoms with E-state index in [4.69, 9.17) is 9.68 Å². The Labute approximate surface area is 145 Å². The van der Waals surface area contributed by atoms with Gasteiger partial charge in [-0.3, -0.25) is 14.4 Å².